The Kier molecular flexibility index (Phi) is 1.96. The topological polar surface area (TPSA) is 52.2 Å². The first-order valence-electron chi connectivity index (χ1n) is 5.37. The molecular formula is C12H11NO3. The van der Waals surface area contributed by atoms with Gasteiger partial charge in [0.15, 0.2) is 5.58 Å². The van der Waals surface area contributed by atoms with Crippen LogP contribution in [0, 0.1) is 0 Å². The second-order valence-corrected chi connectivity index (χ2v) is 4.14. The molecule has 0 radical (unpaired) electrons. The van der Waals surface area contributed by atoms with Gasteiger partial charge in [0, 0.05) is 12.5 Å². The number of benzene rings is 1. The van der Waals surface area contributed by atoms with E-state index in [1.165, 1.54) is 0 Å². The van der Waals surface area contributed by atoms with Crippen molar-refractivity contribution in [2.75, 3.05) is 0 Å². The van der Waals surface area contributed by atoms with Crippen LogP contribution in [-0.2, 0) is 11.2 Å². The van der Waals surface area contributed by atoms with Gasteiger partial charge in [-0.1, -0.05) is 6.07 Å². The van der Waals surface area contributed by atoms with Crippen LogP contribution in [0.2, 0.25) is 0 Å². The van der Waals surface area contributed by atoms with Gasteiger partial charge in [0.1, 0.15) is 6.29 Å². The molecule has 1 heterocycles. The van der Waals surface area contributed by atoms with E-state index in [1.54, 1.807) is 10.6 Å². The number of fused-ring (bicyclic) bond motifs is 1. The number of oxazole rings is 1. The van der Waals surface area contributed by atoms with Crippen LogP contribution in [0.4, 0.5) is 0 Å². The SMILES string of the molecule is O=CCc1ccc2c(c1)oc(=O)n2C1CC1. The highest BCUT2D eigenvalue weighted by molar-refractivity contribution is 5.75. The molecule has 1 aromatic carbocycles. The molecule has 0 saturated heterocycles. The smallest absolute Gasteiger partial charge is 0.408 e. The van der Waals surface area contributed by atoms with Crippen LogP contribution < -0.4 is 5.76 Å². The second-order valence-electron chi connectivity index (χ2n) is 4.14. The van der Waals surface area contributed by atoms with Crippen molar-refractivity contribution in [3.05, 3.63) is 34.3 Å². The van der Waals surface area contributed by atoms with Gasteiger partial charge in [0.2, 0.25) is 0 Å². The minimum Gasteiger partial charge on any atom is -0.408 e. The summed E-state index contributed by atoms with van der Waals surface area (Å²) in [5, 5.41) is 0. The van der Waals surface area contributed by atoms with Crippen molar-refractivity contribution < 1.29 is 9.21 Å². The fourth-order valence-corrected chi connectivity index (χ4v) is 1.98. The van der Waals surface area contributed by atoms with Crippen LogP contribution in [0.1, 0.15) is 24.4 Å². The van der Waals surface area contributed by atoms with E-state index in [2.05, 4.69) is 0 Å². The monoisotopic (exact) mass is 217 g/mol. The molecular weight excluding hydrogens is 206 g/mol. The summed E-state index contributed by atoms with van der Waals surface area (Å²) >= 11 is 0. The van der Waals surface area contributed by atoms with Crippen molar-refractivity contribution in [2.24, 2.45) is 0 Å². The van der Waals surface area contributed by atoms with Gasteiger partial charge in [-0.3, -0.25) is 4.57 Å². The van der Waals surface area contributed by atoms with E-state index in [-0.39, 0.29) is 5.76 Å². The molecule has 3 rings (SSSR count). The Hall–Kier alpha value is -1.84. The molecule has 4 heteroatoms. The molecule has 0 aliphatic heterocycles. The highest BCUT2D eigenvalue weighted by Crippen LogP contribution is 2.36. The number of rotatable bonds is 3. The van der Waals surface area contributed by atoms with Crippen molar-refractivity contribution in [3.8, 4) is 0 Å². The Morgan fingerprint density at radius 1 is 1.44 bits per heavy atom. The largest absolute Gasteiger partial charge is 0.420 e. The lowest BCUT2D eigenvalue weighted by atomic mass is 10.1. The third kappa shape index (κ3) is 1.38. The van der Waals surface area contributed by atoms with E-state index < -0.39 is 0 Å². The number of aldehydes is 1. The van der Waals surface area contributed by atoms with Crippen LogP contribution in [0.25, 0.3) is 11.1 Å². The van der Waals surface area contributed by atoms with Crippen LogP contribution in [0.15, 0.2) is 27.4 Å². The summed E-state index contributed by atoms with van der Waals surface area (Å²) in [6, 6.07) is 5.80. The molecule has 0 bridgehead atoms. The van der Waals surface area contributed by atoms with Crippen LogP contribution in [0.5, 0.6) is 0 Å². The number of carbonyl (C=O) groups excluding carboxylic acids is 1. The fourth-order valence-electron chi connectivity index (χ4n) is 1.98. The predicted octanol–water partition coefficient (Wildman–Crippen LogP) is 1.67. The molecule has 4 nitrogen and oxygen atoms in total. The summed E-state index contributed by atoms with van der Waals surface area (Å²) in [4.78, 5) is 22.0. The molecule has 1 saturated carbocycles. The molecule has 0 N–H and O–H groups in total. The normalized spacial score (nSPS) is 15.5. The van der Waals surface area contributed by atoms with Gasteiger partial charge in [0.25, 0.3) is 0 Å². The van der Waals surface area contributed by atoms with E-state index >= 15 is 0 Å². The Labute approximate surface area is 91.5 Å². The zero-order valence-electron chi connectivity index (χ0n) is 8.68. The number of nitrogens with zero attached hydrogens (tertiary/aromatic N) is 1. The zero-order valence-corrected chi connectivity index (χ0v) is 8.68. The summed E-state index contributed by atoms with van der Waals surface area (Å²) in [6.07, 6.45) is 3.29. The minimum absolute atomic E-state index is 0.291. The van der Waals surface area contributed by atoms with Crippen molar-refractivity contribution in [3.63, 3.8) is 0 Å². The number of carbonyl (C=O) groups is 1. The Balaban J connectivity index is 2.19. The molecule has 0 spiro atoms. The fraction of sp³-hybridized carbons (Fsp3) is 0.333. The van der Waals surface area contributed by atoms with E-state index in [4.69, 9.17) is 4.42 Å². The Bertz CT molecular complexity index is 604. The van der Waals surface area contributed by atoms with Gasteiger partial charge in [0.05, 0.1) is 5.52 Å². The first-order chi connectivity index (χ1) is 7.79. The lowest BCUT2D eigenvalue weighted by Gasteiger charge is -1.98. The highest BCUT2D eigenvalue weighted by Gasteiger charge is 2.28. The Morgan fingerprint density at radius 3 is 2.94 bits per heavy atom. The molecule has 16 heavy (non-hydrogen) atoms. The van der Waals surface area contributed by atoms with Gasteiger partial charge in [-0.2, -0.15) is 0 Å². The van der Waals surface area contributed by atoms with Crippen molar-refractivity contribution in [1.82, 2.24) is 4.57 Å². The lowest BCUT2D eigenvalue weighted by molar-refractivity contribution is -0.107. The molecule has 1 aliphatic rings. The molecule has 0 atom stereocenters. The quantitative estimate of drug-likeness (QED) is 0.735. The zero-order chi connectivity index (χ0) is 11.1. The molecule has 1 fully saturated rings. The molecule has 2 aromatic rings. The van der Waals surface area contributed by atoms with Crippen LogP contribution in [0.3, 0.4) is 0 Å². The van der Waals surface area contributed by atoms with Crippen molar-refractivity contribution >= 4 is 17.4 Å². The first-order valence-corrected chi connectivity index (χ1v) is 5.37. The van der Waals surface area contributed by atoms with Gasteiger partial charge in [-0.05, 0) is 30.5 Å². The van der Waals surface area contributed by atoms with E-state index in [0.29, 0.717) is 18.0 Å². The van der Waals surface area contributed by atoms with E-state index in [9.17, 15) is 9.59 Å². The van der Waals surface area contributed by atoms with Gasteiger partial charge in [-0.15, -0.1) is 0 Å². The highest BCUT2D eigenvalue weighted by atomic mass is 16.4. The molecule has 82 valence electrons. The molecule has 1 aromatic heterocycles. The van der Waals surface area contributed by atoms with Gasteiger partial charge >= 0.3 is 5.76 Å². The summed E-state index contributed by atoms with van der Waals surface area (Å²) in [5.74, 6) is -0.291. The third-order valence-electron chi connectivity index (χ3n) is 2.91. The number of hydrogen-bond acceptors (Lipinski definition) is 3. The summed E-state index contributed by atoms with van der Waals surface area (Å²) in [6.45, 7) is 0. The van der Waals surface area contributed by atoms with Gasteiger partial charge in [-0.25, -0.2) is 4.79 Å². The molecule has 0 unspecified atom stereocenters. The first kappa shape index (κ1) is 9.39. The minimum atomic E-state index is -0.291. The Morgan fingerprint density at radius 2 is 2.25 bits per heavy atom. The average molecular weight is 217 g/mol. The number of aromatic nitrogens is 1. The summed E-state index contributed by atoms with van der Waals surface area (Å²) in [5.41, 5.74) is 2.29. The summed E-state index contributed by atoms with van der Waals surface area (Å²) in [7, 11) is 0. The van der Waals surface area contributed by atoms with Crippen LogP contribution in [-0.4, -0.2) is 10.9 Å². The maximum Gasteiger partial charge on any atom is 0.420 e. The van der Waals surface area contributed by atoms with Crippen LogP contribution >= 0.6 is 0 Å². The molecule has 1 aliphatic carbocycles. The third-order valence-corrected chi connectivity index (χ3v) is 2.91. The van der Waals surface area contributed by atoms with Crippen molar-refractivity contribution in [2.45, 2.75) is 25.3 Å². The van der Waals surface area contributed by atoms with E-state index in [0.717, 1.165) is 30.2 Å². The standard InChI is InChI=1S/C12H11NO3/c14-6-5-8-1-4-10-11(7-8)16-12(15)13(10)9-2-3-9/h1,4,6-7,9H,2-3,5H2. The second kappa shape index (κ2) is 3.33. The molecule has 0 amide bonds. The summed E-state index contributed by atoms with van der Waals surface area (Å²) < 4.78 is 6.89. The number of hydrogen-bond donors (Lipinski definition) is 0. The average Bonchev–Trinajstić information content (AvgIpc) is 3.02. The maximum absolute atomic E-state index is 11.6. The lowest BCUT2D eigenvalue weighted by Crippen LogP contribution is -2.11. The van der Waals surface area contributed by atoms with E-state index in [1.807, 2.05) is 12.1 Å². The predicted molar refractivity (Wildman–Crippen MR) is 58.5 cm³/mol. The van der Waals surface area contributed by atoms with Gasteiger partial charge < -0.3 is 9.21 Å². The van der Waals surface area contributed by atoms with Crippen molar-refractivity contribution in [1.29, 1.82) is 0 Å². The maximum atomic E-state index is 11.6.